The first-order chi connectivity index (χ1) is 16.1. The van der Waals surface area contributed by atoms with E-state index < -0.39 is 11.6 Å². The van der Waals surface area contributed by atoms with Crippen molar-refractivity contribution >= 4 is 11.4 Å². The van der Waals surface area contributed by atoms with Crippen LogP contribution in [0.25, 0.3) is 0 Å². The number of nitrogens with zero attached hydrogens (tertiary/aromatic N) is 2. The largest absolute Gasteiger partial charge is 0.494 e. The molecule has 33 heavy (non-hydrogen) atoms. The third kappa shape index (κ3) is 7.54. The van der Waals surface area contributed by atoms with Crippen molar-refractivity contribution in [1.82, 2.24) is 0 Å². The van der Waals surface area contributed by atoms with Crippen LogP contribution in [0.3, 0.4) is 0 Å². The summed E-state index contributed by atoms with van der Waals surface area (Å²) in [6.45, 7) is 4.83. The highest BCUT2D eigenvalue weighted by molar-refractivity contribution is 5.49. The maximum atomic E-state index is 14.4. The molecule has 0 bridgehead atoms. The third-order valence-electron chi connectivity index (χ3n) is 4.96. The van der Waals surface area contributed by atoms with E-state index in [1.807, 2.05) is 24.3 Å². The van der Waals surface area contributed by atoms with Gasteiger partial charge in [0.1, 0.15) is 17.4 Å². The molecular weight excluding hydrogens is 418 g/mol. The molecule has 0 fully saturated rings. The molecule has 0 heterocycles. The minimum atomic E-state index is -0.620. The molecule has 5 heteroatoms. The summed E-state index contributed by atoms with van der Waals surface area (Å²) >= 11 is 0. The van der Waals surface area contributed by atoms with Gasteiger partial charge in [-0.1, -0.05) is 38.5 Å². The van der Waals surface area contributed by atoms with Crippen LogP contribution in [0.4, 0.5) is 20.2 Å². The van der Waals surface area contributed by atoms with Crippen LogP contribution in [0.15, 0.2) is 70.9 Å². The molecule has 0 amide bonds. The summed E-state index contributed by atoms with van der Waals surface area (Å²) in [6.07, 6.45) is 4.65. The van der Waals surface area contributed by atoms with Crippen molar-refractivity contribution in [3.63, 3.8) is 0 Å². The lowest BCUT2D eigenvalue weighted by Crippen LogP contribution is -1.95. The van der Waals surface area contributed by atoms with Crippen LogP contribution in [0.1, 0.15) is 56.2 Å². The van der Waals surface area contributed by atoms with Crippen molar-refractivity contribution in [2.75, 3.05) is 6.61 Å². The minimum absolute atomic E-state index is 0.204. The maximum Gasteiger partial charge on any atom is 0.142 e. The highest BCUT2D eigenvalue weighted by Crippen LogP contribution is 2.22. The van der Waals surface area contributed by atoms with Gasteiger partial charge in [-0.05, 0) is 85.5 Å². The molecule has 0 saturated carbocycles. The predicted octanol–water partition coefficient (Wildman–Crippen LogP) is 8.30. The number of aryl methyl sites for hydroxylation is 1. The lowest BCUT2D eigenvalue weighted by molar-refractivity contribution is 0.317. The summed E-state index contributed by atoms with van der Waals surface area (Å²) < 4.78 is 34.3. The van der Waals surface area contributed by atoms with Crippen molar-refractivity contribution in [3.8, 4) is 17.6 Å². The number of hydrogen-bond donors (Lipinski definition) is 0. The summed E-state index contributed by atoms with van der Waals surface area (Å²) in [7, 11) is 0. The number of azo groups is 1. The summed E-state index contributed by atoms with van der Waals surface area (Å²) in [5.74, 6) is 5.01. The lowest BCUT2D eigenvalue weighted by atomic mass is 10.0. The van der Waals surface area contributed by atoms with Gasteiger partial charge in [0, 0.05) is 5.56 Å². The molecule has 170 valence electrons. The molecular formula is C28H28F2N2O. The SMILES string of the molecule is CCCCCc1cc(F)c(C#Cc2ccc(N=Nc3ccc(OCCC)cc3)cc2)c(F)c1. The minimum Gasteiger partial charge on any atom is -0.494 e. The molecule has 0 saturated heterocycles. The van der Waals surface area contributed by atoms with Gasteiger partial charge in [-0.2, -0.15) is 10.2 Å². The molecule has 0 unspecified atom stereocenters. The van der Waals surface area contributed by atoms with Crippen LogP contribution in [0, 0.1) is 23.5 Å². The molecule has 0 aromatic heterocycles. The second-order valence-electron chi connectivity index (χ2n) is 7.73. The predicted molar refractivity (Wildman–Crippen MR) is 128 cm³/mol. The highest BCUT2D eigenvalue weighted by atomic mass is 19.1. The van der Waals surface area contributed by atoms with E-state index in [1.165, 1.54) is 12.1 Å². The number of rotatable bonds is 9. The second-order valence-corrected chi connectivity index (χ2v) is 7.73. The molecule has 3 nitrogen and oxygen atoms in total. The Morgan fingerprint density at radius 3 is 1.94 bits per heavy atom. The lowest BCUT2D eigenvalue weighted by Gasteiger charge is -2.04. The van der Waals surface area contributed by atoms with Crippen molar-refractivity contribution < 1.29 is 13.5 Å². The first kappa shape index (κ1) is 24.1. The van der Waals surface area contributed by atoms with Crippen LogP contribution in [0.2, 0.25) is 0 Å². The monoisotopic (exact) mass is 446 g/mol. The third-order valence-corrected chi connectivity index (χ3v) is 4.96. The number of hydrogen-bond acceptors (Lipinski definition) is 3. The van der Waals surface area contributed by atoms with Crippen LogP contribution in [-0.2, 0) is 6.42 Å². The molecule has 0 atom stereocenters. The fourth-order valence-corrected chi connectivity index (χ4v) is 3.16. The number of benzene rings is 3. The van der Waals surface area contributed by atoms with Gasteiger partial charge in [0.15, 0.2) is 0 Å². The number of ether oxygens (including phenoxy) is 1. The second kappa shape index (κ2) is 12.5. The Morgan fingerprint density at radius 1 is 0.758 bits per heavy atom. The van der Waals surface area contributed by atoms with Gasteiger partial charge in [-0.15, -0.1) is 0 Å². The van der Waals surface area contributed by atoms with Crippen LogP contribution in [-0.4, -0.2) is 6.61 Å². The van der Waals surface area contributed by atoms with E-state index in [9.17, 15) is 8.78 Å². The molecule has 0 aliphatic rings. The standard InChI is InChI=1S/C28H28F2N2O/c1-3-5-6-7-22-19-27(29)26(28(30)20-22)17-10-21-8-11-23(12-9-21)31-32-24-13-15-25(16-14-24)33-18-4-2/h8-9,11-16,19-20H,3-7,18H2,1-2H3. The zero-order valence-electron chi connectivity index (χ0n) is 19.1. The van der Waals surface area contributed by atoms with Crippen LogP contribution >= 0.6 is 0 Å². The summed E-state index contributed by atoms with van der Waals surface area (Å²) in [5, 5.41) is 8.43. The maximum absolute atomic E-state index is 14.4. The molecule has 0 aliphatic carbocycles. The van der Waals surface area contributed by atoms with Crippen LogP contribution in [0.5, 0.6) is 5.75 Å². The van der Waals surface area contributed by atoms with Gasteiger partial charge >= 0.3 is 0 Å². The molecule has 3 rings (SSSR count). The van der Waals surface area contributed by atoms with E-state index in [2.05, 4.69) is 35.9 Å². The number of unbranched alkanes of at least 4 members (excludes halogenated alkanes) is 2. The zero-order valence-corrected chi connectivity index (χ0v) is 19.1. The van der Waals surface area contributed by atoms with Crippen molar-refractivity contribution in [3.05, 3.63) is 89.0 Å². The summed E-state index contributed by atoms with van der Waals surface area (Å²) in [5.41, 5.74) is 2.47. The average Bonchev–Trinajstić information content (AvgIpc) is 2.82. The van der Waals surface area contributed by atoms with Gasteiger partial charge in [0.2, 0.25) is 0 Å². The van der Waals surface area contributed by atoms with Crippen molar-refractivity contribution in [2.24, 2.45) is 10.2 Å². The van der Waals surface area contributed by atoms with E-state index in [0.717, 1.165) is 31.4 Å². The Balaban J connectivity index is 1.64. The van der Waals surface area contributed by atoms with Crippen molar-refractivity contribution in [1.29, 1.82) is 0 Å². The van der Waals surface area contributed by atoms with Gasteiger partial charge in [-0.3, -0.25) is 0 Å². The Labute approximate surface area is 194 Å². The van der Waals surface area contributed by atoms with Crippen LogP contribution < -0.4 is 4.74 Å². The fraction of sp³-hybridized carbons (Fsp3) is 0.286. The summed E-state index contributed by atoms with van der Waals surface area (Å²) in [6, 6.07) is 17.2. The first-order valence-electron chi connectivity index (χ1n) is 11.3. The zero-order chi connectivity index (χ0) is 23.5. The Morgan fingerprint density at radius 2 is 1.36 bits per heavy atom. The van der Waals surface area contributed by atoms with E-state index >= 15 is 0 Å². The van der Waals surface area contributed by atoms with E-state index in [4.69, 9.17) is 4.74 Å². The molecule has 3 aromatic rings. The van der Waals surface area contributed by atoms with E-state index in [1.54, 1.807) is 24.3 Å². The molecule has 0 N–H and O–H groups in total. The number of halogens is 2. The van der Waals surface area contributed by atoms with Gasteiger partial charge < -0.3 is 4.74 Å². The summed E-state index contributed by atoms with van der Waals surface area (Å²) in [4.78, 5) is 0. The molecule has 0 spiro atoms. The molecule has 3 aromatic carbocycles. The normalized spacial score (nSPS) is 10.8. The Hall–Kier alpha value is -3.52. The highest BCUT2D eigenvalue weighted by Gasteiger charge is 2.09. The van der Waals surface area contributed by atoms with Gasteiger partial charge in [0.05, 0.1) is 23.5 Å². The molecule has 0 aliphatic heterocycles. The molecule has 0 radical (unpaired) electrons. The fourth-order valence-electron chi connectivity index (χ4n) is 3.16. The topological polar surface area (TPSA) is 34.0 Å². The van der Waals surface area contributed by atoms with Crippen molar-refractivity contribution in [2.45, 2.75) is 46.0 Å². The average molecular weight is 447 g/mol. The van der Waals surface area contributed by atoms with E-state index in [-0.39, 0.29) is 5.56 Å². The Bertz CT molecular complexity index is 1100. The van der Waals surface area contributed by atoms with Gasteiger partial charge in [0.25, 0.3) is 0 Å². The quantitative estimate of drug-likeness (QED) is 0.185. The smallest absolute Gasteiger partial charge is 0.142 e. The van der Waals surface area contributed by atoms with E-state index in [0.29, 0.717) is 35.5 Å². The Kier molecular flexibility index (Phi) is 9.14. The first-order valence-corrected chi connectivity index (χ1v) is 11.3. The van der Waals surface area contributed by atoms with Gasteiger partial charge in [-0.25, -0.2) is 8.78 Å².